The first-order valence-corrected chi connectivity index (χ1v) is 7.61. The summed E-state index contributed by atoms with van der Waals surface area (Å²) in [5.74, 6) is 0. The third-order valence-electron chi connectivity index (χ3n) is 3.84. The summed E-state index contributed by atoms with van der Waals surface area (Å²) in [5, 5.41) is 3.33. The first-order valence-electron chi connectivity index (χ1n) is 6.80. The maximum absolute atomic E-state index is 12.3. The normalized spacial score (nSPS) is 11.0. The fourth-order valence-corrected chi connectivity index (χ4v) is 3.89. The standard InChI is InChI=1S/C17H14N2OS.ClH/c1-19(2)10-7-8-13-12(9-10)15-11-5-3-4-6-14(11)21-16(15)17(20)18-13;/h3-9H,1-2H3,(H,18,20);1H. The summed E-state index contributed by atoms with van der Waals surface area (Å²) in [6.07, 6.45) is 0. The number of aromatic nitrogens is 1. The van der Waals surface area contributed by atoms with Crippen LogP contribution in [0.25, 0.3) is 31.1 Å². The van der Waals surface area contributed by atoms with Crippen LogP contribution in [-0.2, 0) is 0 Å². The van der Waals surface area contributed by atoms with Gasteiger partial charge in [0.15, 0.2) is 0 Å². The molecule has 0 radical (unpaired) electrons. The Morgan fingerprint density at radius 3 is 2.59 bits per heavy atom. The molecule has 2 heterocycles. The van der Waals surface area contributed by atoms with Gasteiger partial charge in [0.25, 0.3) is 5.56 Å². The Morgan fingerprint density at radius 2 is 1.82 bits per heavy atom. The van der Waals surface area contributed by atoms with Gasteiger partial charge in [-0.25, -0.2) is 0 Å². The van der Waals surface area contributed by atoms with Gasteiger partial charge in [-0.3, -0.25) is 4.79 Å². The average molecular weight is 331 g/mol. The molecule has 0 aliphatic rings. The highest BCUT2D eigenvalue weighted by molar-refractivity contribution is 7.26. The molecule has 0 atom stereocenters. The van der Waals surface area contributed by atoms with Crippen LogP contribution in [-0.4, -0.2) is 19.1 Å². The van der Waals surface area contributed by atoms with Crippen LogP contribution < -0.4 is 10.5 Å². The number of benzene rings is 2. The zero-order valence-electron chi connectivity index (χ0n) is 12.2. The van der Waals surface area contributed by atoms with Gasteiger partial charge in [0.1, 0.15) is 4.70 Å². The largest absolute Gasteiger partial charge is 0.378 e. The number of H-pyrrole nitrogens is 1. The van der Waals surface area contributed by atoms with E-state index in [1.54, 1.807) is 11.3 Å². The van der Waals surface area contributed by atoms with E-state index in [1.165, 1.54) is 0 Å². The number of nitrogens with zero attached hydrogens (tertiary/aromatic N) is 1. The van der Waals surface area contributed by atoms with Gasteiger partial charge < -0.3 is 9.88 Å². The van der Waals surface area contributed by atoms with Crippen molar-refractivity contribution >= 4 is 60.5 Å². The third kappa shape index (κ3) is 2.07. The van der Waals surface area contributed by atoms with Crippen molar-refractivity contribution in [3.63, 3.8) is 0 Å². The highest BCUT2D eigenvalue weighted by Crippen LogP contribution is 2.36. The Balaban J connectivity index is 0.00000144. The van der Waals surface area contributed by atoms with Crippen LogP contribution in [0.1, 0.15) is 0 Å². The number of rotatable bonds is 1. The number of pyridine rings is 1. The van der Waals surface area contributed by atoms with Gasteiger partial charge in [0.05, 0.1) is 0 Å². The van der Waals surface area contributed by atoms with Crippen LogP contribution in [0.15, 0.2) is 47.3 Å². The molecule has 0 spiro atoms. The van der Waals surface area contributed by atoms with Gasteiger partial charge in [-0.2, -0.15) is 0 Å². The van der Waals surface area contributed by atoms with Crippen LogP contribution in [0.2, 0.25) is 0 Å². The fourth-order valence-electron chi connectivity index (χ4n) is 2.78. The zero-order chi connectivity index (χ0) is 14.6. The van der Waals surface area contributed by atoms with Gasteiger partial charge in [-0.1, -0.05) is 18.2 Å². The average Bonchev–Trinajstić information content (AvgIpc) is 2.87. The van der Waals surface area contributed by atoms with Crippen LogP contribution in [0.5, 0.6) is 0 Å². The van der Waals surface area contributed by atoms with E-state index in [0.29, 0.717) is 0 Å². The molecular weight excluding hydrogens is 316 g/mol. The quantitative estimate of drug-likeness (QED) is 0.562. The minimum Gasteiger partial charge on any atom is -0.378 e. The van der Waals surface area contributed by atoms with E-state index >= 15 is 0 Å². The molecule has 22 heavy (non-hydrogen) atoms. The number of aromatic amines is 1. The van der Waals surface area contributed by atoms with Crippen molar-refractivity contribution in [1.82, 2.24) is 4.98 Å². The molecule has 4 rings (SSSR count). The molecule has 0 fully saturated rings. The third-order valence-corrected chi connectivity index (χ3v) is 5.01. The molecule has 0 unspecified atom stereocenters. The lowest BCUT2D eigenvalue weighted by Crippen LogP contribution is -2.09. The molecule has 0 aliphatic carbocycles. The second kappa shape index (κ2) is 5.30. The second-order valence-corrected chi connectivity index (χ2v) is 6.43. The van der Waals surface area contributed by atoms with Crippen LogP contribution in [0.3, 0.4) is 0 Å². The van der Waals surface area contributed by atoms with E-state index in [-0.39, 0.29) is 18.0 Å². The van der Waals surface area contributed by atoms with E-state index in [0.717, 1.165) is 36.8 Å². The van der Waals surface area contributed by atoms with Gasteiger partial charge in [0.2, 0.25) is 0 Å². The second-order valence-electron chi connectivity index (χ2n) is 5.38. The Hall–Kier alpha value is -2.04. The number of anilines is 1. The summed E-state index contributed by atoms with van der Waals surface area (Å²) in [5.41, 5.74) is 2.02. The summed E-state index contributed by atoms with van der Waals surface area (Å²) in [4.78, 5) is 17.4. The number of hydrogen-bond donors (Lipinski definition) is 1. The lowest BCUT2D eigenvalue weighted by molar-refractivity contribution is 1.13. The minimum atomic E-state index is -0.00342. The summed E-state index contributed by atoms with van der Waals surface area (Å²) >= 11 is 1.56. The van der Waals surface area contributed by atoms with E-state index < -0.39 is 0 Å². The molecule has 0 saturated heterocycles. The smallest absolute Gasteiger partial charge is 0.266 e. The molecule has 3 nitrogen and oxygen atoms in total. The molecule has 0 saturated carbocycles. The summed E-state index contributed by atoms with van der Waals surface area (Å²) in [6.45, 7) is 0. The van der Waals surface area contributed by atoms with Gasteiger partial charge >= 0.3 is 0 Å². The number of nitrogens with one attached hydrogen (secondary N) is 1. The van der Waals surface area contributed by atoms with Crippen molar-refractivity contribution in [1.29, 1.82) is 0 Å². The molecule has 5 heteroatoms. The lowest BCUT2D eigenvalue weighted by atomic mass is 10.1. The van der Waals surface area contributed by atoms with Crippen molar-refractivity contribution in [2.75, 3.05) is 19.0 Å². The Kier molecular flexibility index (Phi) is 3.59. The summed E-state index contributed by atoms with van der Waals surface area (Å²) in [7, 11) is 4.05. The highest BCUT2D eigenvalue weighted by Gasteiger charge is 2.12. The number of hydrogen-bond acceptors (Lipinski definition) is 3. The maximum Gasteiger partial charge on any atom is 0.266 e. The van der Waals surface area contributed by atoms with Crippen LogP contribution in [0.4, 0.5) is 5.69 Å². The number of thiophene rings is 1. The summed E-state index contributed by atoms with van der Waals surface area (Å²) in [6, 6.07) is 14.4. The monoisotopic (exact) mass is 330 g/mol. The van der Waals surface area contributed by atoms with E-state index in [9.17, 15) is 4.79 Å². The first kappa shape index (κ1) is 14.9. The van der Waals surface area contributed by atoms with Gasteiger partial charge in [-0.15, -0.1) is 23.7 Å². The Labute approximate surface area is 137 Å². The predicted molar refractivity (Wildman–Crippen MR) is 99.0 cm³/mol. The Morgan fingerprint density at radius 1 is 1.05 bits per heavy atom. The SMILES string of the molecule is CN(C)c1ccc2[nH]c(=O)c3sc4ccccc4c3c2c1.Cl. The van der Waals surface area contributed by atoms with Crippen molar-refractivity contribution in [2.45, 2.75) is 0 Å². The minimum absolute atomic E-state index is 0. The van der Waals surface area contributed by atoms with E-state index in [2.05, 4.69) is 28.1 Å². The predicted octanol–water partition coefficient (Wildman–Crippen LogP) is 4.38. The van der Waals surface area contributed by atoms with E-state index in [4.69, 9.17) is 0 Å². The molecule has 0 amide bonds. The highest BCUT2D eigenvalue weighted by atomic mass is 35.5. The maximum atomic E-state index is 12.3. The van der Waals surface area contributed by atoms with Crippen molar-refractivity contribution < 1.29 is 0 Å². The molecule has 0 bridgehead atoms. The molecule has 0 aliphatic heterocycles. The van der Waals surface area contributed by atoms with Crippen molar-refractivity contribution in [3.8, 4) is 0 Å². The van der Waals surface area contributed by atoms with Crippen LogP contribution >= 0.6 is 23.7 Å². The lowest BCUT2D eigenvalue weighted by Gasteiger charge is -2.13. The molecular formula is C17H15ClN2OS. The molecule has 1 N–H and O–H groups in total. The van der Waals surface area contributed by atoms with Crippen LogP contribution in [0, 0.1) is 0 Å². The van der Waals surface area contributed by atoms with Gasteiger partial charge in [0, 0.05) is 46.2 Å². The van der Waals surface area contributed by atoms with E-state index in [1.807, 2.05) is 38.4 Å². The topological polar surface area (TPSA) is 36.1 Å². The first-order chi connectivity index (χ1) is 10.1. The van der Waals surface area contributed by atoms with Crippen molar-refractivity contribution in [3.05, 3.63) is 52.8 Å². The summed E-state index contributed by atoms with van der Waals surface area (Å²) < 4.78 is 1.96. The Bertz CT molecular complexity index is 1050. The zero-order valence-corrected chi connectivity index (χ0v) is 13.8. The number of fused-ring (bicyclic) bond motifs is 5. The molecule has 4 aromatic rings. The number of halogens is 1. The molecule has 2 aromatic heterocycles. The fraction of sp³-hybridized carbons (Fsp3) is 0.118. The van der Waals surface area contributed by atoms with Gasteiger partial charge in [-0.05, 0) is 24.3 Å². The van der Waals surface area contributed by atoms with Crippen molar-refractivity contribution in [2.24, 2.45) is 0 Å². The molecule has 112 valence electrons. The molecule has 2 aromatic carbocycles.